The molecule has 1 aromatic carbocycles. The molecular formula is C22H35N3O. The second kappa shape index (κ2) is 12.6. The van der Waals surface area contributed by atoms with Crippen molar-refractivity contribution < 1.29 is 4.79 Å². The SMILES string of the molecule is CCCCCCCCCCCCCCCC(=O)c1cccc2[nH]nnc12. The van der Waals surface area contributed by atoms with Crippen molar-refractivity contribution in [2.75, 3.05) is 0 Å². The maximum Gasteiger partial charge on any atom is 0.165 e. The largest absolute Gasteiger partial charge is 0.294 e. The van der Waals surface area contributed by atoms with Crippen LogP contribution in [0.2, 0.25) is 0 Å². The van der Waals surface area contributed by atoms with Crippen molar-refractivity contribution in [2.24, 2.45) is 0 Å². The summed E-state index contributed by atoms with van der Waals surface area (Å²) in [5.41, 5.74) is 2.24. The van der Waals surface area contributed by atoms with Gasteiger partial charge in [-0.15, -0.1) is 5.10 Å². The minimum Gasteiger partial charge on any atom is -0.294 e. The second-order valence-electron chi connectivity index (χ2n) is 7.43. The van der Waals surface area contributed by atoms with Gasteiger partial charge in [0.05, 0.1) is 5.52 Å². The van der Waals surface area contributed by atoms with Crippen LogP contribution in [0.3, 0.4) is 0 Å². The molecule has 4 heteroatoms. The number of fused-ring (bicyclic) bond motifs is 1. The van der Waals surface area contributed by atoms with Crippen molar-refractivity contribution in [3.05, 3.63) is 23.8 Å². The topological polar surface area (TPSA) is 58.6 Å². The molecule has 0 aliphatic carbocycles. The zero-order valence-corrected chi connectivity index (χ0v) is 16.4. The molecule has 144 valence electrons. The Hall–Kier alpha value is -1.71. The van der Waals surface area contributed by atoms with E-state index >= 15 is 0 Å². The summed E-state index contributed by atoms with van der Waals surface area (Å²) in [6, 6.07) is 5.64. The molecule has 0 aliphatic rings. The van der Waals surface area contributed by atoms with Crippen LogP contribution in [0.15, 0.2) is 18.2 Å². The Labute approximate surface area is 158 Å². The van der Waals surface area contributed by atoms with Gasteiger partial charge in [0.1, 0.15) is 5.52 Å². The summed E-state index contributed by atoms with van der Waals surface area (Å²) in [5.74, 6) is 0.188. The number of unbranched alkanes of at least 4 members (excludes halogenated alkanes) is 12. The zero-order chi connectivity index (χ0) is 18.5. The lowest BCUT2D eigenvalue weighted by molar-refractivity contribution is 0.0980. The average Bonchev–Trinajstić information content (AvgIpc) is 3.14. The summed E-state index contributed by atoms with van der Waals surface area (Å²) >= 11 is 0. The van der Waals surface area contributed by atoms with E-state index in [2.05, 4.69) is 22.3 Å². The van der Waals surface area contributed by atoms with Crippen LogP contribution in [0, 0.1) is 0 Å². The lowest BCUT2D eigenvalue weighted by Crippen LogP contribution is -2.00. The highest BCUT2D eigenvalue weighted by molar-refractivity contribution is 6.05. The van der Waals surface area contributed by atoms with Gasteiger partial charge in [0.2, 0.25) is 0 Å². The van der Waals surface area contributed by atoms with E-state index in [-0.39, 0.29) is 5.78 Å². The number of nitrogens with zero attached hydrogens (tertiary/aromatic N) is 2. The van der Waals surface area contributed by atoms with Gasteiger partial charge in [0, 0.05) is 12.0 Å². The maximum atomic E-state index is 12.4. The molecule has 0 aliphatic heterocycles. The first-order valence-electron chi connectivity index (χ1n) is 10.7. The highest BCUT2D eigenvalue weighted by atomic mass is 16.1. The van der Waals surface area contributed by atoms with Crippen LogP contribution in [-0.4, -0.2) is 21.2 Å². The number of aromatic amines is 1. The molecule has 2 rings (SSSR count). The smallest absolute Gasteiger partial charge is 0.165 e. The normalized spacial score (nSPS) is 11.3. The van der Waals surface area contributed by atoms with Crippen LogP contribution >= 0.6 is 0 Å². The number of rotatable bonds is 15. The number of hydrogen-bond acceptors (Lipinski definition) is 3. The molecule has 0 saturated heterocycles. The molecule has 0 unspecified atom stereocenters. The molecule has 0 amide bonds. The fourth-order valence-electron chi connectivity index (χ4n) is 3.53. The maximum absolute atomic E-state index is 12.4. The van der Waals surface area contributed by atoms with Crippen molar-refractivity contribution in [1.29, 1.82) is 0 Å². The zero-order valence-electron chi connectivity index (χ0n) is 16.4. The number of H-pyrrole nitrogens is 1. The molecule has 0 atom stereocenters. The van der Waals surface area contributed by atoms with Crippen molar-refractivity contribution in [1.82, 2.24) is 15.4 Å². The molecule has 4 nitrogen and oxygen atoms in total. The summed E-state index contributed by atoms with van der Waals surface area (Å²) in [6.45, 7) is 2.27. The lowest BCUT2D eigenvalue weighted by Gasteiger charge is -2.04. The van der Waals surface area contributed by atoms with Crippen LogP contribution in [0.25, 0.3) is 11.0 Å². The van der Waals surface area contributed by atoms with Crippen molar-refractivity contribution in [3.8, 4) is 0 Å². The standard InChI is InChI=1S/C22H35N3O/c1-2-3-4-5-6-7-8-9-10-11-12-13-14-18-21(26)19-16-15-17-20-22(19)24-25-23-20/h15-17H,2-14,18H2,1H3,(H,23,24,25). The van der Waals surface area contributed by atoms with Gasteiger partial charge < -0.3 is 0 Å². The van der Waals surface area contributed by atoms with E-state index in [0.717, 1.165) is 18.4 Å². The highest BCUT2D eigenvalue weighted by Gasteiger charge is 2.11. The van der Waals surface area contributed by atoms with E-state index in [1.54, 1.807) is 0 Å². The molecule has 26 heavy (non-hydrogen) atoms. The minimum atomic E-state index is 0.188. The third kappa shape index (κ3) is 7.27. The van der Waals surface area contributed by atoms with Gasteiger partial charge in [-0.1, -0.05) is 95.3 Å². The van der Waals surface area contributed by atoms with Crippen molar-refractivity contribution in [2.45, 2.75) is 96.8 Å². The first-order valence-corrected chi connectivity index (χ1v) is 10.7. The van der Waals surface area contributed by atoms with Gasteiger partial charge in [0.25, 0.3) is 0 Å². The van der Waals surface area contributed by atoms with E-state index in [1.807, 2.05) is 18.2 Å². The number of hydrogen-bond donors (Lipinski definition) is 1. The monoisotopic (exact) mass is 357 g/mol. The third-order valence-corrected chi connectivity index (χ3v) is 5.16. The van der Waals surface area contributed by atoms with E-state index in [0.29, 0.717) is 17.5 Å². The minimum absolute atomic E-state index is 0.188. The first-order chi connectivity index (χ1) is 12.8. The molecule has 1 N–H and O–H groups in total. The van der Waals surface area contributed by atoms with Crippen LogP contribution in [0.5, 0.6) is 0 Å². The number of benzene rings is 1. The molecular weight excluding hydrogens is 322 g/mol. The quantitative estimate of drug-likeness (QED) is 0.288. The molecule has 0 fully saturated rings. The van der Waals surface area contributed by atoms with Gasteiger partial charge >= 0.3 is 0 Å². The first kappa shape index (κ1) is 20.6. The Bertz CT molecular complexity index is 635. The average molecular weight is 358 g/mol. The molecule has 0 bridgehead atoms. The number of Topliss-reactive ketones (excluding diaryl/α,β-unsaturated/α-hetero) is 1. The fraction of sp³-hybridized carbons (Fsp3) is 0.682. The number of nitrogens with one attached hydrogen (secondary N) is 1. The Balaban J connectivity index is 1.46. The van der Waals surface area contributed by atoms with Gasteiger partial charge in [-0.25, -0.2) is 0 Å². The lowest BCUT2D eigenvalue weighted by atomic mass is 10.0. The van der Waals surface area contributed by atoms with E-state index in [4.69, 9.17) is 0 Å². The van der Waals surface area contributed by atoms with E-state index < -0.39 is 0 Å². The summed E-state index contributed by atoms with van der Waals surface area (Å²) in [7, 11) is 0. The van der Waals surface area contributed by atoms with Crippen molar-refractivity contribution in [3.63, 3.8) is 0 Å². The summed E-state index contributed by atoms with van der Waals surface area (Å²) in [4.78, 5) is 12.4. The Morgan fingerprint density at radius 2 is 1.42 bits per heavy atom. The molecule has 0 saturated carbocycles. The van der Waals surface area contributed by atoms with E-state index in [1.165, 1.54) is 70.6 Å². The fourth-order valence-corrected chi connectivity index (χ4v) is 3.53. The summed E-state index contributed by atoms with van der Waals surface area (Å²) in [6.07, 6.45) is 17.8. The van der Waals surface area contributed by atoms with Crippen LogP contribution in [-0.2, 0) is 0 Å². The molecule has 2 aromatic rings. The van der Waals surface area contributed by atoms with Gasteiger partial charge in [0.15, 0.2) is 5.78 Å². The molecule has 0 spiro atoms. The number of carbonyl (C=O) groups is 1. The van der Waals surface area contributed by atoms with Crippen LogP contribution in [0.1, 0.15) is 107 Å². The molecule has 1 heterocycles. The van der Waals surface area contributed by atoms with Gasteiger partial charge in [-0.2, -0.15) is 0 Å². The molecule has 1 aromatic heterocycles. The second-order valence-corrected chi connectivity index (χ2v) is 7.43. The number of ketones is 1. The predicted molar refractivity (Wildman–Crippen MR) is 109 cm³/mol. The Kier molecular flexibility index (Phi) is 9.99. The number of aromatic nitrogens is 3. The predicted octanol–water partition coefficient (Wildman–Crippen LogP) is 6.62. The van der Waals surface area contributed by atoms with Crippen molar-refractivity contribution >= 4 is 16.8 Å². The Morgan fingerprint density at radius 1 is 0.846 bits per heavy atom. The summed E-state index contributed by atoms with van der Waals surface area (Å²) < 4.78 is 0. The molecule has 0 radical (unpaired) electrons. The third-order valence-electron chi connectivity index (χ3n) is 5.16. The van der Waals surface area contributed by atoms with Crippen LogP contribution < -0.4 is 0 Å². The van der Waals surface area contributed by atoms with Crippen LogP contribution in [0.4, 0.5) is 0 Å². The van der Waals surface area contributed by atoms with E-state index in [9.17, 15) is 4.79 Å². The number of carbonyl (C=O) groups excluding carboxylic acids is 1. The van der Waals surface area contributed by atoms with Gasteiger partial charge in [-0.3, -0.25) is 9.89 Å². The summed E-state index contributed by atoms with van der Waals surface area (Å²) in [5, 5.41) is 10.6. The van der Waals surface area contributed by atoms with Gasteiger partial charge in [-0.05, 0) is 18.6 Å². The highest BCUT2D eigenvalue weighted by Crippen LogP contribution is 2.18. The Morgan fingerprint density at radius 3 is 2.04 bits per heavy atom.